The summed E-state index contributed by atoms with van der Waals surface area (Å²) in [7, 11) is 0. The van der Waals surface area contributed by atoms with Crippen LogP contribution in [0.2, 0.25) is 0 Å². The second-order valence-electron chi connectivity index (χ2n) is 4.24. The van der Waals surface area contributed by atoms with Gasteiger partial charge in [-0.3, -0.25) is 0 Å². The highest BCUT2D eigenvalue weighted by molar-refractivity contribution is 7.71. The fraction of sp³-hybridized carbons (Fsp3) is 0.538. The summed E-state index contributed by atoms with van der Waals surface area (Å²) in [6.07, 6.45) is 2.05. The molecule has 1 rings (SSSR count). The van der Waals surface area contributed by atoms with Gasteiger partial charge in [0.1, 0.15) is 10.2 Å². The first-order chi connectivity index (χ1) is 9.02. The predicted octanol–water partition coefficient (Wildman–Crippen LogP) is 3.02. The van der Waals surface area contributed by atoms with Crippen LogP contribution in [0, 0.1) is 11.6 Å². The Morgan fingerprint density at radius 1 is 1.47 bits per heavy atom. The van der Waals surface area contributed by atoms with Crippen LogP contribution in [0.5, 0.6) is 0 Å². The number of nitrogen functional groups attached to an aromatic ring is 1. The van der Waals surface area contributed by atoms with Crippen molar-refractivity contribution in [3.63, 3.8) is 0 Å². The Labute approximate surface area is 118 Å². The van der Waals surface area contributed by atoms with Gasteiger partial charge in [0, 0.05) is 12.2 Å². The highest BCUT2D eigenvalue weighted by atomic mass is 32.1. The van der Waals surface area contributed by atoms with Crippen LogP contribution in [-0.2, 0) is 4.74 Å². The van der Waals surface area contributed by atoms with Crippen molar-refractivity contribution in [2.24, 2.45) is 0 Å². The summed E-state index contributed by atoms with van der Waals surface area (Å²) < 4.78 is 5.50. The topological polar surface area (TPSA) is 80.1 Å². The molecule has 0 saturated carbocycles. The van der Waals surface area contributed by atoms with Crippen molar-refractivity contribution >= 4 is 29.6 Å². The van der Waals surface area contributed by atoms with Gasteiger partial charge >= 0.3 is 5.97 Å². The van der Waals surface area contributed by atoms with Crippen LogP contribution < -0.4 is 11.1 Å². The number of aryl methyl sites for hydroxylation is 1. The lowest BCUT2D eigenvalue weighted by molar-refractivity contribution is 0.0526. The van der Waals surface area contributed by atoms with Gasteiger partial charge in [-0.1, -0.05) is 25.6 Å². The molecule has 0 bridgehead atoms. The molecule has 0 fully saturated rings. The van der Waals surface area contributed by atoms with Crippen molar-refractivity contribution in [3.8, 4) is 0 Å². The van der Waals surface area contributed by atoms with E-state index in [9.17, 15) is 4.79 Å². The van der Waals surface area contributed by atoms with E-state index in [1.807, 2.05) is 0 Å². The number of nitrogens with two attached hydrogens (primary N) is 1. The average molecular weight is 283 g/mol. The Hall–Kier alpha value is -1.56. The molecule has 0 aliphatic heterocycles. The average Bonchev–Trinajstić information content (AvgIpc) is 2.35. The molecule has 1 aromatic rings. The molecule has 0 atom stereocenters. The highest BCUT2D eigenvalue weighted by Crippen LogP contribution is 2.27. The number of carbonyl (C=O) groups excluding carboxylic acids is 1. The van der Waals surface area contributed by atoms with E-state index >= 15 is 0 Å². The number of H-pyrrole nitrogens is 1. The Morgan fingerprint density at radius 3 is 2.74 bits per heavy atom. The molecule has 4 N–H and O–H groups in total. The van der Waals surface area contributed by atoms with E-state index in [0.717, 1.165) is 19.4 Å². The summed E-state index contributed by atoms with van der Waals surface area (Å²) in [5.74, 6) is -0.392. The molecule has 0 radical (unpaired) electrons. The van der Waals surface area contributed by atoms with Crippen LogP contribution >= 0.6 is 12.2 Å². The zero-order valence-electron chi connectivity index (χ0n) is 11.6. The molecule has 1 heterocycles. The van der Waals surface area contributed by atoms with E-state index in [2.05, 4.69) is 17.2 Å². The number of ether oxygens (including phenoxy) is 1. The normalized spacial score (nSPS) is 10.3. The van der Waals surface area contributed by atoms with Crippen molar-refractivity contribution in [2.45, 2.75) is 33.6 Å². The number of hydrogen-bond donors (Lipinski definition) is 3. The first kappa shape index (κ1) is 15.5. The lowest BCUT2D eigenvalue weighted by atomic mass is 10.1. The van der Waals surface area contributed by atoms with Gasteiger partial charge in [-0.15, -0.1) is 0 Å². The smallest absolute Gasteiger partial charge is 0.342 e. The number of rotatable bonds is 6. The molecule has 0 amide bonds. The van der Waals surface area contributed by atoms with Gasteiger partial charge in [-0.2, -0.15) is 0 Å². The second kappa shape index (κ2) is 7.13. The van der Waals surface area contributed by atoms with Gasteiger partial charge < -0.3 is 20.8 Å². The number of aromatic amines is 1. The third kappa shape index (κ3) is 3.70. The van der Waals surface area contributed by atoms with Crippen LogP contribution in [-0.4, -0.2) is 24.1 Å². The molecule has 19 heavy (non-hydrogen) atoms. The maximum absolute atomic E-state index is 12.0. The fourth-order valence-electron chi connectivity index (χ4n) is 1.77. The van der Waals surface area contributed by atoms with Gasteiger partial charge in [0.15, 0.2) is 0 Å². The predicted molar refractivity (Wildman–Crippen MR) is 80.1 cm³/mol. The number of pyridine rings is 1. The summed E-state index contributed by atoms with van der Waals surface area (Å²) in [6, 6.07) is 0. The lowest BCUT2D eigenvalue weighted by Crippen LogP contribution is -2.15. The quantitative estimate of drug-likeness (QED) is 0.425. The SMILES string of the molecule is CCCCNc1c(C(=O)OCC)c(C)[nH]c(=S)c1N. The Balaban J connectivity index is 3.22. The molecule has 1 aromatic heterocycles. The Morgan fingerprint density at radius 2 is 2.16 bits per heavy atom. The minimum absolute atomic E-state index is 0.322. The van der Waals surface area contributed by atoms with Gasteiger partial charge in [0.05, 0.1) is 18.0 Å². The van der Waals surface area contributed by atoms with Crippen LogP contribution in [0.15, 0.2) is 0 Å². The van der Waals surface area contributed by atoms with Crippen LogP contribution in [0.4, 0.5) is 11.4 Å². The van der Waals surface area contributed by atoms with Gasteiger partial charge in [0.25, 0.3) is 0 Å². The molecule has 0 aliphatic rings. The number of hydrogen-bond acceptors (Lipinski definition) is 5. The highest BCUT2D eigenvalue weighted by Gasteiger charge is 2.19. The van der Waals surface area contributed by atoms with Crippen molar-refractivity contribution in [2.75, 3.05) is 24.2 Å². The monoisotopic (exact) mass is 283 g/mol. The zero-order valence-corrected chi connectivity index (χ0v) is 12.4. The molecule has 0 spiro atoms. The third-order valence-electron chi connectivity index (χ3n) is 2.75. The van der Waals surface area contributed by atoms with Crippen molar-refractivity contribution in [1.82, 2.24) is 4.98 Å². The number of carbonyl (C=O) groups is 1. The molecule has 6 heteroatoms. The van der Waals surface area contributed by atoms with Crippen molar-refractivity contribution in [1.29, 1.82) is 0 Å². The molecular formula is C13H21N3O2S. The molecular weight excluding hydrogens is 262 g/mol. The van der Waals surface area contributed by atoms with Gasteiger partial charge in [0.2, 0.25) is 0 Å². The minimum atomic E-state index is -0.392. The van der Waals surface area contributed by atoms with Crippen LogP contribution in [0.25, 0.3) is 0 Å². The van der Waals surface area contributed by atoms with E-state index in [1.165, 1.54) is 0 Å². The molecule has 0 saturated heterocycles. The fourth-order valence-corrected chi connectivity index (χ4v) is 2.02. The Bertz CT molecular complexity index is 511. The summed E-state index contributed by atoms with van der Waals surface area (Å²) in [5, 5.41) is 3.19. The van der Waals surface area contributed by atoms with Crippen LogP contribution in [0.3, 0.4) is 0 Å². The third-order valence-corrected chi connectivity index (χ3v) is 3.07. The summed E-state index contributed by atoms with van der Waals surface area (Å²) in [6.45, 7) is 6.71. The lowest BCUT2D eigenvalue weighted by Gasteiger charge is -2.16. The summed E-state index contributed by atoms with van der Waals surface area (Å²) in [5.41, 5.74) is 8.03. The van der Waals surface area contributed by atoms with E-state index in [-0.39, 0.29) is 0 Å². The molecule has 0 aliphatic carbocycles. The molecule has 0 aromatic carbocycles. The van der Waals surface area contributed by atoms with Crippen LogP contribution in [0.1, 0.15) is 42.7 Å². The zero-order chi connectivity index (χ0) is 14.4. The molecule has 0 unspecified atom stereocenters. The number of anilines is 2. The van der Waals surface area contributed by atoms with Crippen molar-refractivity contribution < 1.29 is 9.53 Å². The summed E-state index contributed by atoms with van der Waals surface area (Å²) in [4.78, 5) is 14.9. The first-order valence-corrected chi connectivity index (χ1v) is 6.87. The Kier molecular flexibility index (Phi) is 5.82. The minimum Gasteiger partial charge on any atom is -0.462 e. The van der Waals surface area contributed by atoms with E-state index in [4.69, 9.17) is 22.7 Å². The number of aromatic nitrogens is 1. The maximum Gasteiger partial charge on any atom is 0.342 e. The first-order valence-electron chi connectivity index (χ1n) is 6.46. The standard InChI is InChI=1S/C13H21N3O2S/c1-4-6-7-15-11-9(13(17)18-5-2)8(3)16-12(19)10(11)14/h4-7,14H2,1-3H3,(H2,15,16,19). The van der Waals surface area contributed by atoms with Gasteiger partial charge in [-0.05, 0) is 20.3 Å². The van der Waals surface area contributed by atoms with E-state index in [1.54, 1.807) is 13.8 Å². The molecule has 106 valence electrons. The van der Waals surface area contributed by atoms with E-state index in [0.29, 0.717) is 33.9 Å². The summed E-state index contributed by atoms with van der Waals surface area (Å²) >= 11 is 5.15. The van der Waals surface area contributed by atoms with E-state index < -0.39 is 5.97 Å². The molecule has 5 nitrogen and oxygen atoms in total. The maximum atomic E-state index is 12.0. The number of unbranched alkanes of at least 4 members (excludes halogenated alkanes) is 1. The number of nitrogens with one attached hydrogen (secondary N) is 2. The van der Waals surface area contributed by atoms with Crippen molar-refractivity contribution in [3.05, 3.63) is 15.9 Å². The number of esters is 1. The largest absolute Gasteiger partial charge is 0.462 e. The second-order valence-corrected chi connectivity index (χ2v) is 4.65. The van der Waals surface area contributed by atoms with Gasteiger partial charge in [-0.25, -0.2) is 4.79 Å².